The summed E-state index contributed by atoms with van der Waals surface area (Å²) in [5.41, 5.74) is 9.23. The fourth-order valence-corrected chi connectivity index (χ4v) is 3.04. The van der Waals surface area contributed by atoms with Crippen LogP contribution in [0.1, 0.15) is 38.5 Å². The molecule has 3 N–H and O–H groups in total. The molecule has 15 heavy (non-hydrogen) atoms. The molecular weight excluding hydrogens is 190 g/mol. The molecule has 1 aliphatic carbocycles. The van der Waals surface area contributed by atoms with E-state index >= 15 is 0 Å². The second-order valence-corrected chi connectivity index (χ2v) is 4.95. The monoisotopic (exact) mass is 211 g/mol. The van der Waals surface area contributed by atoms with E-state index in [2.05, 4.69) is 5.43 Å². The lowest BCUT2D eigenvalue weighted by Crippen LogP contribution is -2.56. The summed E-state index contributed by atoms with van der Waals surface area (Å²) in [5, 5.41) is 1.97. The van der Waals surface area contributed by atoms with Gasteiger partial charge in [-0.2, -0.15) is 0 Å². The fraction of sp³-hybridized carbons (Fsp3) is 0.909. The van der Waals surface area contributed by atoms with E-state index in [0.29, 0.717) is 0 Å². The van der Waals surface area contributed by atoms with Crippen LogP contribution in [0.2, 0.25) is 0 Å². The lowest BCUT2D eigenvalue weighted by atomic mass is 9.76. The van der Waals surface area contributed by atoms with E-state index in [1.54, 1.807) is 0 Å². The third kappa shape index (κ3) is 2.32. The number of nitrogens with one attached hydrogen (secondary N) is 1. The number of hydrazine groups is 1. The van der Waals surface area contributed by atoms with Crippen LogP contribution in [0.25, 0.3) is 0 Å². The predicted molar refractivity (Wildman–Crippen MR) is 58.9 cm³/mol. The molecule has 2 fully saturated rings. The molecule has 0 spiro atoms. The minimum absolute atomic E-state index is 0.0393. The van der Waals surface area contributed by atoms with Gasteiger partial charge in [0.15, 0.2) is 0 Å². The number of hydrogen-bond acceptors (Lipinski definition) is 3. The van der Waals surface area contributed by atoms with Crippen LogP contribution in [0, 0.1) is 5.92 Å². The summed E-state index contributed by atoms with van der Waals surface area (Å²) in [4.78, 5) is 10.3. The van der Waals surface area contributed by atoms with Gasteiger partial charge in [0, 0.05) is 18.6 Å². The van der Waals surface area contributed by atoms with E-state index in [-0.39, 0.29) is 5.54 Å². The lowest BCUT2D eigenvalue weighted by molar-refractivity contribution is -0.114. The van der Waals surface area contributed by atoms with Crippen LogP contribution in [-0.4, -0.2) is 30.0 Å². The molecule has 1 saturated heterocycles. The fourth-order valence-electron chi connectivity index (χ4n) is 3.04. The van der Waals surface area contributed by atoms with Gasteiger partial charge < -0.3 is 5.73 Å². The molecule has 0 bridgehead atoms. The van der Waals surface area contributed by atoms with Crippen LogP contribution in [0.4, 0.5) is 0 Å². The lowest BCUT2D eigenvalue weighted by Gasteiger charge is -2.42. The molecule has 0 aromatic rings. The van der Waals surface area contributed by atoms with Crippen molar-refractivity contribution in [2.45, 2.75) is 44.1 Å². The highest BCUT2D eigenvalue weighted by atomic mass is 16.1. The second-order valence-electron chi connectivity index (χ2n) is 4.95. The molecule has 4 nitrogen and oxygen atoms in total. The maximum Gasteiger partial charge on any atom is 0.221 e. The summed E-state index contributed by atoms with van der Waals surface area (Å²) < 4.78 is 0. The van der Waals surface area contributed by atoms with E-state index in [1.807, 2.05) is 5.01 Å². The van der Waals surface area contributed by atoms with Crippen LogP contribution in [0.15, 0.2) is 0 Å². The van der Waals surface area contributed by atoms with Gasteiger partial charge in [-0.15, -0.1) is 0 Å². The third-order valence-electron chi connectivity index (χ3n) is 4.10. The average molecular weight is 211 g/mol. The van der Waals surface area contributed by atoms with E-state index in [0.717, 1.165) is 38.3 Å². The molecule has 1 amide bonds. The molecule has 0 aromatic carbocycles. The average Bonchev–Trinajstić information content (AvgIpc) is 2.76. The molecule has 0 unspecified atom stereocenters. The van der Waals surface area contributed by atoms with Gasteiger partial charge in [0.25, 0.3) is 0 Å². The summed E-state index contributed by atoms with van der Waals surface area (Å²) in [6, 6.07) is 0. The number of piperidine rings is 1. The van der Waals surface area contributed by atoms with Crippen LogP contribution >= 0.6 is 0 Å². The number of nitrogens with two attached hydrogens (primary N) is 1. The minimum atomic E-state index is 0.0393. The Morgan fingerprint density at radius 3 is 2.40 bits per heavy atom. The van der Waals surface area contributed by atoms with Crippen molar-refractivity contribution < 1.29 is 4.79 Å². The highest BCUT2D eigenvalue weighted by Crippen LogP contribution is 2.38. The zero-order chi connectivity index (χ0) is 10.7. The minimum Gasteiger partial charge on any atom is -0.325 e. The van der Waals surface area contributed by atoms with E-state index in [9.17, 15) is 4.79 Å². The van der Waals surface area contributed by atoms with Crippen molar-refractivity contribution in [1.29, 1.82) is 0 Å². The van der Waals surface area contributed by atoms with Crippen LogP contribution < -0.4 is 11.2 Å². The Labute approximate surface area is 91.2 Å². The van der Waals surface area contributed by atoms with Gasteiger partial charge in [-0.05, 0) is 31.6 Å². The highest BCUT2D eigenvalue weighted by molar-refractivity contribution is 5.44. The van der Waals surface area contributed by atoms with E-state index < -0.39 is 0 Å². The van der Waals surface area contributed by atoms with Gasteiger partial charge in [0.05, 0.1) is 0 Å². The quantitative estimate of drug-likeness (QED) is 0.673. The summed E-state index contributed by atoms with van der Waals surface area (Å²) >= 11 is 0. The molecule has 2 aliphatic rings. The topological polar surface area (TPSA) is 58.4 Å². The van der Waals surface area contributed by atoms with E-state index in [4.69, 9.17) is 5.73 Å². The number of hydrogen-bond donors (Lipinski definition) is 2. The largest absolute Gasteiger partial charge is 0.325 e. The van der Waals surface area contributed by atoms with Crippen molar-refractivity contribution in [3.8, 4) is 0 Å². The molecular formula is C11H21N3O. The van der Waals surface area contributed by atoms with Gasteiger partial charge in [-0.1, -0.05) is 12.8 Å². The third-order valence-corrected chi connectivity index (χ3v) is 4.10. The first-order valence-electron chi connectivity index (χ1n) is 5.98. The van der Waals surface area contributed by atoms with Crippen molar-refractivity contribution >= 4 is 6.41 Å². The van der Waals surface area contributed by atoms with Crippen molar-refractivity contribution in [3.05, 3.63) is 0 Å². The Morgan fingerprint density at radius 1 is 1.27 bits per heavy atom. The van der Waals surface area contributed by atoms with Gasteiger partial charge in [-0.3, -0.25) is 10.2 Å². The Morgan fingerprint density at radius 2 is 1.87 bits per heavy atom. The number of carbonyl (C=O) groups excluding carboxylic acids is 1. The Hall–Kier alpha value is -0.610. The van der Waals surface area contributed by atoms with Crippen molar-refractivity contribution in [3.63, 3.8) is 0 Å². The van der Waals surface area contributed by atoms with Gasteiger partial charge in [0.1, 0.15) is 0 Å². The van der Waals surface area contributed by atoms with Crippen LogP contribution in [0.3, 0.4) is 0 Å². The van der Waals surface area contributed by atoms with Gasteiger partial charge >= 0.3 is 0 Å². The Bertz CT molecular complexity index is 218. The molecule has 2 rings (SSSR count). The SMILES string of the molecule is NC1(C2CCCC2)CCN(NC=O)CC1. The molecule has 1 heterocycles. The second kappa shape index (κ2) is 4.49. The van der Waals surface area contributed by atoms with E-state index in [1.165, 1.54) is 25.7 Å². The highest BCUT2D eigenvalue weighted by Gasteiger charge is 2.39. The summed E-state index contributed by atoms with van der Waals surface area (Å²) in [5.74, 6) is 0.718. The zero-order valence-corrected chi connectivity index (χ0v) is 9.24. The molecule has 86 valence electrons. The molecule has 0 atom stereocenters. The Balaban J connectivity index is 1.87. The molecule has 0 aromatic heterocycles. The molecule has 1 saturated carbocycles. The standard InChI is InChI=1S/C11H21N3O/c12-11(10-3-1-2-4-10)5-7-14(8-6-11)13-9-15/h9-10H,1-8,12H2,(H,13,15). The first-order chi connectivity index (χ1) is 7.24. The number of nitrogens with zero attached hydrogens (tertiary/aromatic N) is 1. The maximum absolute atomic E-state index is 10.3. The first kappa shape index (κ1) is 10.9. The summed E-state index contributed by atoms with van der Waals surface area (Å²) in [6.45, 7) is 1.79. The number of rotatable bonds is 3. The number of amides is 1. The molecule has 4 heteroatoms. The summed E-state index contributed by atoms with van der Waals surface area (Å²) in [6.07, 6.45) is 8.07. The molecule has 1 aliphatic heterocycles. The first-order valence-corrected chi connectivity index (χ1v) is 5.98. The smallest absolute Gasteiger partial charge is 0.221 e. The van der Waals surface area contributed by atoms with Gasteiger partial charge in [-0.25, -0.2) is 5.01 Å². The van der Waals surface area contributed by atoms with Crippen molar-refractivity contribution in [2.24, 2.45) is 11.7 Å². The normalized spacial score (nSPS) is 27.8. The zero-order valence-electron chi connectivity index (χ0n) is 9.24. The Kier molecular flexibility index (Phi) is 3.26. The van der Waals surface area contributed by atoms with Crippen LogP contribution in [-0.2, 0) is 4.79 Å². The van der Waals surface area contributed by atoms with Gasteiger partial charge in [0.2, 0.25) is 6.41 Å². The maximum atomic E-state index is 10.3. The van der Waals surface area contributed by atoms with Crippen LogP contribution in [0.5, 0.6) is 0 Å². The van der Waals surface area contributed by atoms with Crippen molar-refractivity contribution in [1.82, 2.24) is 10.4 Å². The predicted octanol–water partition coefficient (Wildman–Crippen LogP) is 0.631. The molecule has 0 radical (unpaired) electrons. The number of carbonyl (C=O) groups is 1. The summed E-state index contributed by atoms with van der Waals surface area (Å²) in [7, 11) is 0. The van der Waals surface area contributed by atoms with Crippen molar-refractivity contribution in [2.75, 3.05) is 13.1 Å².